The van der Waals surface area contributed by atoms with Crippen molar-refractivity contribution in [3.8, 4) is 5.75 Å². The van der Waals surface area contributed by atoms with Crippen molar-refractivity contribution in [3.63, 3.8) is 0 Å². The van der Waals surface area contributed by atoms with Crippen LogP contribution in [0.25, 0.3) is 0 Å². The molecule has 0 atom stereocenters. The lowest BCUT2D eigenvalue weighted by molar-refractivity contribution is 0.293. The standard InChI is InChI=1S/C13H15N3O5S/c1-15-9(7-12(17)16(2)13(15)18)8-21-10-3-5-11(6-4-10)22(14,19)20/h3-7H,8H2,1-2H3,(H2,14,19,20). The van der Waals surface area contributed by atoms with Crippen molar-refractivity contribution >= 4 is 10.0 Å². The van der Waals surface area contributed by atoms with Gasteiger partial charge in [0, 0.05) is 20.2 Å². The number of nitrogens with zero attached hydrogens (tertiary/aromatic N) is 2. The predicted octanol–water partition coefficient (Wildman–Crippen LogP) is -0.690. The number of aromatic nitrogens is 2. The summed E-state index contributed by atoms with van der Waals surface area (Å²) in [5.74, 6) is 0.389. The van der Waals surface area contributed by atoms with Crippen LogP contribution in [0, 0.1) is 0 Å². The first-order valence-electron chi connectivity index (χ1n) is 6.22. The first-order valence-corrected chi connectivity index (χ1v) is 7.76. The number of primary sulfonamides is 1. The molecule has 1 aromatic carbocycles. The number of benzene rings is 1. The topological polar surface area (TPSA) is 113 Å². The van der Waals surface area contributed by atoms with Gasteiger partial charge in [-0.3, -0.25) is 13.9 Å². The molecule has 2 N–H and O–H groups in total. The SMILES string of the molecule is Cn1c(COc2ccc(S(N)(=O)=O)cc2)cc(=O)n(C)c1=O. The second-order valence-electron chi connectivity index (χ2n) is 4.68. The smallest absolute Gasteiger partial charge is 0.330 e. The largest absolute Gasteiger partial charge is 0.487 e. The van der Waals surface area contributed by atoms with E-state index in [4.69, 9.17) is 9.88 Å². The predicted molar refractivity (Wildman–Crippen MR) is 79.1 cm³/mol. The molecule has 0 radical (unpaired) electrons. The van der Waals surface area contributed by atoms with E-state index in [2.05, 4.69) is 0 Å². The van der Waals surface area contributed by atoms with Gasteiger partial charge >= 0.3 is 5.69 Å². The van der Waals surface area contributed by atoms with Crippen LogP contribution in [0.15, 0.2) is 44.8 Å². The van der Waals surface area contributed by atoms with Crippen LogP contribution in [0.1, 0.15) is 5.69 Å². The highest BCUT2D eigenvalue weighted by Crippen LogP contribution is 2.15. The Morgan fingerprint density at radius 3 is 2.23 bits per heavy atom. The van der Waals surface area contributed by atoms with Crippen molar-refractivity contribution in [2.45, 2.75) is 11.5 Å². The summed E-state index contributed by atoms with van der Waals surface area (Å²) in [6.45, 7) is -0.00343. The van der Waals surface area contributed by atoms with E-state index in [9.17, 15) is 18.0 Å². The highest BCUT2D eigenvalue weighted by Gasteiger charge is 2.09. The van der Waals surface area contributed by atoms with Gasteiger partial charge in [-0.1, -0.05) is 0 Å². The van der Waals surface area contributed by atoms with Gasteiger partial charge in [0.15, 0.2) is 0 Å². The molecule has 0 aliphatic rings. The van der Waals surface area contributed by atoms with E-state index in [1.165, 1.54) is 49.0 Å². The average molecular weight is 325 g/mol. The zero-order valence-electron chi connectivity index (χ0n) is 12.0. The van der Waals surface area contributed by atoms with E-state index >= 15 is 0 Å². The number of ether oxygens (including phenoxy) is 1. The molecule has 0 amide bonds. The van der Waals surface area contributed by atoms with Crippen molar-refractivity contribution in [1.82, 2.24) is 9.13 Å². The van der Waals surface area contributed by atoms with Crippen molar-refractivity contribution in [3.05, 3.63) is 56.9 Å². The van der Waals surface area contributed by atoms with E-state index in [0.717, 1.165) is 4.57 Å². The minimum atomic E-state index is -3.75. The van der Waals surface area contributed by atoms with E-state index in [-0.39, 0.29) is 11.5 Å². The van der Waals surface area contributed by atoms with Gasteiger partial charge in [0.2, 0.25) is 10.0 Å². The normalized spacial score (nSPS) is 11.4. The van der Waals surface area contributed by atoms with Crippen LogP contribution in [0.3, 0.4) is 0 Å². The van der Waals surface area contributed by atoms with Crippen LogP contribution in [0.5, 0.6) is 5.75 Å². The second-order valence-corrected chi connectivity index (χ2v) is 6.24. The lowest BCUT2D eigenvalue weighted by atomic mass is 10.3. The maximum absolute atomic E-state index is 11.8. The van der Waals surface area contributed by atoms with Crippen molar-refractivity contribution in [1.29, 1.82) is 0 Å². The Hall–Kier alpha value is -2.39. The fourth-order valence-corrected chi connectivity index (χ4v) is 2.32. The molecule has 2 aromatic rings. The number of sulfonamides is 1. The summed E-state index contributed by atoms with van der Waals surface area (Å²) in [4.78, 5) is 23.3. The Kier molecular flexibility index (Phi) is 4.20. The first-order chi connectivity index (χ1) is 10.2. The monoisotopic (exact) mass is 325 g/mol. The minimum absolute atomic E-state index is 0.00343. The molecule has 0 spiro atoms. The molecule has 0 saturated carbocycles. The molecule has 8 nitrogen and oxygen atoms in total. The molecule has 0 unspecified atom stereocenters. The summed E-state index contributed by atoms with van der Waals surface area (Å²) < 4.78 is 30.0. The number of nitrogens with two attached hydrogens (primary N) is 1. The lowest BCUT2D eigenvalue weighted by Crippen LogP contribution is -2.38. The summed E-state index contributed by atoms with van der Waals surface area (Å²) in [5.41, 5.74) is -0.467. The molecule has 22 heavy (non-hydrogen) atoms. The summed E-state index contributed by atoms with van der Waals surface area (Å²) >= 11 is 0. The maximum Gasteiger partial charge on any atom is 0.330 e. The molecule has 118 valence electrons. The molecule has 1 heterocycles. The van der Waals surface area contributed by atoms with Crippen LogP contribution in [0.4, 0.5) is 0 Å². The van der Waals surface area contributed by atoms with Gasteiger partial charge in [-0.15, -0.1) is 0 Å². The molecule has 0 aliphatic heterocycles. The summed E-state index contributed by atoms with van der Waals surface area (Å²) in [6.07, 6.45) is 0. The Balaban J connectivity index is 2.21. The molecule has 0 bridgehead atoms. The molecular weight excluding hydrogens is 310 g/mol. The fraction of sp³-hybridized carbons (Fsp3) is 0.231. The third kappa shape index (κ3) is 3.26. The van der Waals surface area contributed by atoms with Gasteiger partial charge in [-0.25, -0.2) is 18.4 Å². The van der Waals surface area contributed by atoms with Gasteiger partial charge in [0.05, 0.1) is 10.6 Å². The third-order valence-electron chi connectivity index (χ3n) is 3.16. The highest BCUT2D eigenvalue weighted by molar-refractivity contribution is 7.89. The second kappa shape index (κ2) is 5.78. The van der Waals surface area contributed by atoms with Crippen molar-refractivity contribution in [2.75, 3.05) is 0 Å². The zero-order valence-corrected chi connectivity index (χ0v) is 12.8. The number of hydrogen-bond acceptors (Lipinski definition) is 5. The Morgan fingerprint density at radius 1 is 1.09 bits per heavy atom. The molecule has 0 aliphatic carbocycles. The third-order valence-corrected chi connectivity index (χ3v) is 4.09. The summed E-state index contributed by atoms with van der Waals surface area (Å²) in [7, 11) is -0.832. The van der Waals surface area contributed by atoms with Crippen LogP contribution < -0.4 is 21.1 Å². The molecule has 9 heteroatoms. The maximum atomic E-state index is 11.8. The highest BCUT2D eigenvalue weighted by atomic mass is 32.2. The average Bonchev–Trinajstić information content (AvgIpc) is 2.47. The first kappa shape index (κ1) is 16.0. The van der Waals surface area contributed by atoms with E-state index in [1.54, 1.807) is 0 Å². The van der Waals surface area contributed by atoms with Gasteiger partial charge in [0.25, 0.3) is 5.56 Å². The number of rotatable bonds is 4. The minimum Gasteiger partial charge on any atom is -0.487 e. The summed E-state index contributed by atoms with van der Waals surface area (Å²) in [6, 6.07) is 6.82. The zero-order chi connectivity index (χ0) is 16.5. The van der Waals surface area contributed by atoms with Gasteiger partial charge in [-0.2, -0.15) is 0 Å². The van der Waals surface area contributed by atoms with Gasteiger partial charge in [0.1, 0.15) is 12.4 Å². The fourth-order valence-electron chi connectivity index (χ4n) is 1.80. The van der Waals surface area contributed by atoms with Gasteiger partial charge < -0.3 is 4.74 Å². The van der Waals surface area contributed by atoms with Crippen LogP contribution in [-0.4, -0.2) is 17.6 Å². The van der Waals surface area contributed by atoms with E-state index in [1.807, 2.05) is 0 Å². The Labute approximate surface area is 126 Å². The Bertz CT molecular complexity index is 910. The van der Waals surface area contributed by atoms with Crippen molar-refractivity contribution < 1.29 is 13.2 Å². The summed E-state index contributed by atoms with van der Waals surface area (Å²) in [5, 5.41) is 5.00. The van der Waals surface area contributed by atoms with Crippen molar-refractivity contribution in [2.24, 2.45) is 19.2 Å². The molecule has 2 rings (SSSR count). The molecular formula is C13H15N3O5S. The van der Waals surface area contributed by atoms with E-state index < -0.39 is 21.3 Å². The van der Waals surface area contributed by atoms with Gasteiger partial charge in [-0.05, 0) is 24.3 Å². The molecule has 1 aromatic heterocycles. The quantitative estimate of drug-likeness (QED) is 0.799. The lowest BCUT2D eigenvalue weighted by Gasteiger charge is -2.11. The Morgan fingerprint density at radius 2 is 1.68 bits per heavy atom. The van der Waals surface area contributed by atoms with Crippen LogP contribution in [-0.2, 0) is 30.7 Å². The van der Waals surface area contributed by atoms with E-state index in [0.29, 0.717) is 11.4 Å². The molecule has 0 fully saturated rings. The number of hydrogen-bond donors (Lipinski definition) is 1. The van der Waals surface area contributed by atoms with Crippen LogP contribution >= 0.6 is 0 Å². The van der Waals surface area contributed by atoms with Crippen LogP contribution in [0.2, 0.25) is 0 Å². The molecule has 0 saturated heterocycles.